The van der Waals surface area contributed by atoms with E-state index in [1.807, 2.05) is 49.4 Å². The van der Waals surface area contributed by atoms with E-state index in [1.54, 1.807) is 13.2 Å². The van der Waals surface area contributed by atoms with Gasteiger partial charge in [-0.15, -0.1) is 0 Å². The van der Waals surface area contributed by atoms with E-state index < -0.39 is 6.04 Å². The number of aromatic nitrogens is 1. The Hall–Kier alpha value is -2.87. The topological polar surface area (TPSA) is 75.8 Å². The SMILES string of the molecule is CNC(=N)N(C#N)C(c1ccccn1)c1ccccc1C. The predicted octanol–water partition coefficient (Wildman–Crippen LogP) is 2.42. The number of nitrogens with one attached hydrogen (secondary N) is 2. The summed E-state index contributed by atoms with van der Waals surface area (Å²) < 4.78 is 0. The fourth-order valence-electron chi connectivity index (χ4n) is 2.22. The number of nitrogens with zero attached hydrogens (tertiary/aromatic N) is 3. The number of pyridine rings is 1. The second kappa shape index (κ2) is 6.53. The first kappa shape index (κ1) is 14.5. The van der Waals surface area contributed by atoms with Crippen LogP contribution in [0.5, 0.6) is 0 Å². The third-order valence-electron chi connectivity index (χ3n) is 3.29. The van der Waals surface area contributed by atoms with E-state index in [4.69, 9.17) is 5.41 Å². The largest absolute Gasteiger partial charge is 0.359 e. The van der Waals surface area contributed by atoms with E-state index in [0.717, 1.165) is 16.8 Å². The van der Waals surface area contributed by atoms with Gasteiger partial charge < -0.3 is 5.32 Å². The van der Waals surface area contributed by atoms with Gasteiger partial charge in [0.2, 0.25) is 5.96 Å². The summed E-state index contributed by atoms with van der Waals surface area (Å²) in [4.78, 5) is 5.69. The Morgan fingerprint density at radius 2 is 2.00 bits per heavy atom. The summed E-state index contributed by atoms with van der Waals surface area (Å²) in [6.07, 6.45) is 3.78. The molecule has 0 saturated carbocycles. The molecule has 1 atom stereocenters. The Morgan fingerprint density at radius 1 is 1.29 bits per heavy atom. The van der Waals surface area contributed by atoms with Gasteiger partial charge in [0.1, 0.15) is 6.04 Å². The van der Waals surface area contributed by atoms with Gasteiger partial charge in [-0.2, -0.15) is 5.26 Å². The quantitative estimate of drug-likeness (QED) is 0.391. The molecule has 1 aromatic heterocycles. The first-order chi connectivity index (χ1) is 10.2. The first-order valence-electron chi connectivity index (χ1n) is 6.60. The Labute approximate surface area is 124 Å². The van der Waals surface area contributed by atoms with Crippen molar-refractivity contribution < 1.29 is 0 Å². The molecule has 1 unspecified atom stereocenters. The second-order valence-electron chi connectivity index (χ2n) is 4.58. The average molecular weight is 279 g/mol. The first-order valence-corrected chi connectivity index (χ1v) is 6.60. The molecule has 0 spiro atoms. The van der Waals surface area contributed by atoms with Crippen molar-refractivity contribution in [1.29, 1.82) is 10.7 Å². The Kier molecular flexibility index (Phi) is 4.52. The van der Waals surface area contributed by atoms with Crippen molar-refractivity contribution >= 4 is 5.96 Å². The number of benzene rings is 1. The number of hydrogen-bond acceptors (Lipinski definition) is 3. The monoisotopic (exact) mass is 279 g/mol. The highest BCUT2D eigenvalue weighted by atomic mass is 15.3. The van der Waals surface area contributed by atoms with Gasteiger partial charge >= 0.3 is 0 Å². The van der Waals surface area contributed by atoms with Gasteiger partial charge in [0.25, 0.3) is 0 Å². The van der Waals surface area contributed by atoms with Gasteiger partial charge in [-0.1, -0.05) is 30.3 Å². The van der Waals surface area contributed by atoms with E-state index in [-0.39, 0.29) is 5.96 Å². The molecule has 2 rings (SSSR count). The Morgan fingerprint density at radius 3 is 2.57 bits per heavy atom. The van der Waals surface area contributed by atoms with Crippen molar-refractivity contribution in [2.45, 2.75) is 13.0 Å². The van der Waals surface area contributed by atoms with Crippen LogP contribution in [-0.4, -0.2) is 22.9 Å². The minimum atomic E-state index is -0.419. The lowest BCUT2D eigenvalue weighted by molar-refractivity contribution is 0.459. The van der Waals surface area contributed by atoms with Crippen LogP contribution >= 0.6 is 0 Å². The van der Waals surface area contributed by atoms with E-state index in [1.165, 1.54) is 4.90 Å². The standard InChI is InChI=1S/C16H17N5/c1-12-7-3-4-8-13(12)15(14-9-5-6-10-20-14)21(11-17)16(18)19-2/h3-10,15H,1-2H3,(H2,18,19). The van der Waals surface area contributed by atoms with Crippen LogP contribution in [0, 0.1) is 23.8 Å². The highest BCUT2D eigenvalue weighted by Crippen LogP contribution is 2.28. The van der Waals surface area contributed by atoms with Crippen molar-refractivity contribution in [3.8, 4) is 6.19 Å². The van der Waals surface area contributed by atoms with Gasteiger partial charge in [0.05, 0.1) is 5.69 Å². The molecule has 0 radical (unpaired) electrons. The van der Waals surface area contributed by atoms with Gasteiger partial charge in [0, 0.05) is 13.2 Å². The third-order valence-corrected chi connectivity index (χ3v) is 3.29. The van der Waals surface area contributed by atoms with Crippen molar-refractivity contribution in [3.05, 3.63) is 65.5 Å². The van der Waals surface area contributed by atoms with Crippen LogP contribution in [0.3, 0.4) is 0 Å². The zero-order valence-electron chi connectivity index (χ0n) is 12.0. The molecule has 0 saturated heterocycles. The summed E-state index contributed by atoms with van der Waals surface area (Å²) in [6.45, 7) is 1.99. The van der Waals surface area contributed by atoms with Crippen LogP contribution in [0.4, 0.5) is 0 Å². The molecule has 1 aromatic carbocycles. The normalized spacial score (nSPS) is 11.3. The molecule has 1 heterocycles. The number of guanidine groups is 1. The molecule has 2 N–H and O–H groups in total. The van der Waals surface area contributed by atoms with E-state index in [9.17, 15) is 5.26 Å². The lowest BCUT2D eigenvalue weighted by atomic mass is 9.97. The molecule has 0 aliphatic heterocycles. The Bertz CT molecular complexity index is 660. The summed E-state index contributed by atoms with van der Waals surface area (Å²) >= 11 is 0. The number of rotatable bonds is 3. The molecule has 5 nitrogen and oxygen atoms in total. The summed E-state index contributed by atoms with van der Waals surface area (Å²) in [5.41, 5.74) is 2.74. The smallest absolute Gasteiger partial charge is 0.205 e. The lowest BCUT2D eigenvalue weighted by Crippen LogP contribution is -2.39. The van der Waals surface area contributed by atoms with Crippen molar-refractivity contribution in [1.82, 2.24) is 15.2 Å². The van der Waals surface area contributed by atoms with Crippen molar-refractivity contribution in [2.75, 3.05) is 7.05 Å². The van der Waals surface area contributed by atoms with Crippen molar-refractivity contribution in [3.63, 3.8) is 0 Å². The number of hydrogen-bond donors (Lipinski definition) is 2. The molecule has 0 amide bonds. The predicted molar refractivity (Wildman–Crippen MR) is 81.5 cm³/mol. The summed E-state index contributed by atoms with van der Waals surface area (Å²) in [5.74, 6) is 0.0383. The van der Waals surface area contributed by atoms with Gasteiger partial charge in [-0.05, 0) is 30.2 Å². The minimum absolute atomic E-state index is 0.0383. The van der Waals surface area contributed by atoms with E-state index in [2.05, 4.69) is 16.5 Å². The molecule has 0 aliphatic rings. The summed E-state index contributed by atoms with van der Waals surface area (Å²) in [7, 11) is 1.63. The highest BCUT2D eigenvalue weighted by molar-refractivity contribution is 5.79. The maximum absolute atomic E-state index is 9.48. The Balaban J connectivity index is 2.58. The molecular weight excluding hydrogens is 262 g/mol. The van der Waals surface area contributed by atoms with Gasteiger partial charge in [-0.3, -0.25) is 10.4 Å². The zero-order chi connectivity index (χ0) is 15.2. The third kappa shape index (κ3) is 3.00. The number of nitriles is 1. The van der Waals surface area contributed by atoms with Crippen LogP contribution in [0.1, 0.15) is 22.9 Å². The van der Waals surface area contributed by atoms with E-state index >= 15 is 0 Å². The summed E-state index contributed by atoms with van der Waals surface area (Å²) in [5, 5.41) is 20.2. The lowest BCUT2D eigenvalue weighted by Gasteiger charge is -2.27. The van der Waals surface area contributed by atoms with Gasteiger partial charge in [0.15, 0.2) is 6.19 Å². The fourth-order valence-corrected chi connectivity index (χ4v) is 2.22. The molecular formula is C16H17N5. The molecule has 0 fully saturated rings. The fraction of sp³-hybridized carbons (Fsp3) is 0.188. The zero-order valence-corrected chi connectivity index (χ0v) is 12.0. The van der Waals surface area contributed by atoms with Crippen LogP contribution in [0.2, 0.25) is 0 Å². The maximum atomic E-state index is 9.48. The molecule has 21 heavy (non-hydrogen) atoms. The number of aryl methyl sites for hydroxylation is 1. The molecule has 106 valence electrons. The van der Waals surface area contributed by atoms with Gasteiger partial charge in [-0.25, -0.2) is 4.90 Å². The molecule has 0 aliphatic carbocycles. The molecule has 5 heteroatoms. The van der Waals surface area contributed by atoms with Crippen LogP contribution < -0.4 is 5.32 Å². The molecule has 2 aromatic rings. The van der Waals surface area contributed by atoms with Crippen molar-refractivity contribution in [2.24, 2.45) is 0 Å². The van der Waals surface area contributed by atoms with Crippen LogP contribution in [0.25, 0.3) is 0 Å². The molecule has 0 bridgehead atoms. The summed E-state index contributed by atoms with van der Waals surface area (Å²) in [6, 6.07) is 13.0. The van der Waals surface area contributed by atoms with Crippen LogP contribution in [-0.2, 0) is 0 Å². The average Bonchev–Trinajstić information content (AvgIpc) is 2.53. The van der Waals surface area contributed by atoms with E-state index in [0.29, 0.717) is 0 Å². The maximum Gasteiger partial charge on any atom is 0.205 e. The minimum Gasteiger partial charge on any atom is -0.359 e. The second-order valence-corrected chi connectivity index (χ2v) is 4.58. The highest BCUT2D eigenvalue weighted by Gasteiger charge is 2.26. The van der Waals surface area contributed by atoms with Crippen LogP contribution in [0.15, 0.2) is 48.7 Å².